The van der Waals surface area contributed by atoms with Gasteiger partial charge in [-0.3, -0.25) is 14.4 Å². The van der Waals surface area contributed by atoms with Gasteiger partial charge in [-0.25, -0.2) is 0 Å². The minimum absolute atomic E-state index is 0.0925. The van der Waals surface area contributed by atoms with Gasteiger partial charge in [-0.2, -0.15) is 0 Å². The molecule has 0 aromatic rings. The van der Waals surface area contributed by atoms with E-state index in [1.165, 1.54) is 154 Å². The Balaban J connectivity index is 4.45. The van der Waals surface area contributed by atoms with Crippen molar-refractivity contribution >= 4 is 17.9 Å². The number of ether oxygens (including phenoxy) is 3. The van der Waals surface area contributed by atoms with Gasteiger partial charge in [-0.15, -0.1) is 0 Å². The fourth-order valence-electron chi connectivity index (χ4n) is 8.56. The summed E-state index contributed by atoms with van der Waals surface area (Å²) in [5.41, 5.74) is 0. The van der Waals surface area contributed by atoms with E-state index in [4.69, 9.17) is 14.2 Å². The van der Waals surface area contributed by atoms with E-state index in [9.17, 15) is 14.4 Å². The smallest absolute Gasteiger partial charge is 0.306 e. The van der Waals surface area contributed by atoms with Gasteiger partial charge < -0.3 is 14.2 Å². The van der Waals surface area contributed by atoms with Gasteiger partial charge in [0.25, 0.3) is 0 Å². The molecule has 0 aliphatic rings. The van der Waals surface area contributed by atoms with Crippen LogP contribution in [0.25, 0.3) is 0 Å². The molecule has 0 amide bonds. The van der Waals surface area contributed by atoms with Crippen LogP contribution in [-0.4, -0.2) is 37.2 Å². The van der Waals surface area contributed by atoms with Crippen molar-refractivity contribution in [3.63, 3.8) is 0 Å². The molecule has 0 saturated heterocycles. The molecule has 0 aliphatic heterocycles. The van der Waals surface area contributed by atoms with Crippen molar-refractivity contribution in [1.29, 1.82) is 0 Å². The lowest BCUT2D eigenvalue weighted by Gasteiger charge is -2.18. The first kappa shape index (κ1) is 68.6. The average molecular weight is 1000 g/mol. The van der Waals surface area contributed by atoms with Crippen LogP contribution in [0.3, 0.4) is 0 Å². The monoisotopic (exact) mass is 1000 g/mol. The second kappa shape index (κ2) is 60.1. The zero-order valence-corrected chi connectivity index (χ0v) is 47.4. The lowest BCUT2D eigenvalue weighted by molar-refractivity contribution is -0.167. The third-order valence-electron chi connectivity index (χ3n) is 13.1. The predicted molar refractivity (Wildman–Crippen MR) is 311 cm³/mol. The van der Waals surface area contributed by atoms with Gasteiger partial charge in [0.05, 0.1) is 0 Å². The molecule has 0 bridgehead atoms. The number of hydrogen-bond acceptors (Lipinski definition) is 6. The Hall–Kier alpha value is -3.41. The highest BCUT2D eigenvalue weighted by Gasteiger charge is 2.19. The molecule has 414 valence electrons. The Morgan fingerprint density at radius 2 is 0.542 bits per heavy atom. The average Bonchev–Trinajstić information content (AvgIpc) is 3.38. The molecule has 1 atom stereocenters. The van der Waals surface area contributed by atoms with Crippen molar-refractivity contribution in [2.24, 2.45) is 0 Å². The van der Waals surface area contributed by atoms with Crippen LogP contribution in [0.2, 0.25) is 0 Å². The Morgan fingerprint density at radius 3 is 0.889 bits per heavy atom. The highest BCUT2D eigenvalue weighted by molar-refractivity contribution is 5.71. The van der Waals surface area contributed by atoms with Crippen molar-refractivity contribution < 1.29 is 28.6 Å². The van der Waals surface area contributed by atoms with E-state index >= 15 is 0 Å². The van der Waals surface area contributed by atoms with Crippen LogP contribution in [0.1, 0.15) is 297 Å². The van der Waals surface area contributed by atoms with Gasteiger partial charge in [0.15, 0.2) is 6.10 Å². The Bertz CT molecular complexity index is 1380. The third kappa shape index (κ3) is 57.5. The zero-order chi connectivity index (χ0) is 52.2. The van der Waals surface area contributed by atoms with Crippen molar-refractivity contribution in [3.8, 4) is 0 Å². The maximum Gasteiger partial charge on any atom is 0.306 e. The molecule has 0 aliphatic carbocycles. The first-order valence-electron chi connectivity index (χ1n) is 30.6. The van der Waals surface area contributed by atoms with Crippen LogP contribution in [-0.2, 0) is 28.6 Å². The maximum absolute atomic E-state index is 12.9. The molecule has 0 fully saturated rings. The SMILES string of the molecule is CC/C=C\C/C=C\C/C=C\C/C=C\C/C=C\C/C=C\CCCCC(=O)OCC(COC(=O)CCCCCCC/C=C\CCCCCCCCC)OC(=O)CCCCCCCCCCCCCCCCCCC. The van der Waals surface area contributed by atoms with E-state index in [0.717, 1.165) is 103 Å². The Kier molecular flexibility index (Phi) is 57.3. The summed E-state index contributed by atoms with van der Waals surface area (Å²) in [6.07, 6.45) is 78.6. The summed E-state index contributed by atoms with van der Waals surface area (Å²) in [6, 6.07) is 0. The molecule has 72 heavy (non-hydrogen) atoms. The summed E-state index contributed by atoms with van der Waals surface area (Å²) >= 11 is 0. The summed E-state index contributed by atoms with van der Waals surface area (Å²) in [7, 11) is 0. The van der Waals surface area contributed by atoms with Gasteiger partial charge in [0, 0.05) is 19.3 Å². The normalized spacial score (nSPS) is 12.7. The van der Waals surface area contributed by atoms with E-state index in [0.29, 0.717) is 19.3 Å². The summed E-state index contributed by atoms with van der Waals surface area (Å²) in [6.45, 7) is 6.51. The van der Waals surface area contributed by atoms with Crippen LogP contribution in [0.15, 0.2) is 85.1 Å². The molecule has 0 radical (unpaired) electrons. The van der Waals surface area contributed by atoms with Crippen LogP contribution >= 0.6 is 0 Å². The zero-order valence-electron chi connectivity index (χ0n) is 47.4. The van der Waals surface area contributed by atoms with E-state index in [-0.39, 0.29) is 31.1 Å². The molecule has 0 aromatic carbocycles. The van der Waals surface area contributed by atoms with Crippen LogP contribution < -0.4 is 0 Å². The largest absolute Gasteiger partial charge is 0.462 e. The number of allylic oxidation sites excluding steroid dienone is 14. The van der Waals surface area contributed by atoms with Crippen molar-refractivity contribution in [2.75, 3.05) is 13.2 Å². The number of unbranched alkanes of at least 4 members (excludes halogenated alkanes) is 30. The number of hydrogen-bond donors (Lipinski definition) is 0. The molecule has 0 spiro atoms. The molecule has 0 N–H and O–H groups in total. The molecule has 6 nitrogen and oxygen atoms in total. The highest BCUT2D eigenvalue weighted by atomic mass is 16.6. The first-order chi connectivity index (χ1) is 35.5. The molecular formula is C66H114O6. The summed E-state index contributed by atoms with van der Waals surface area (Å²) in [5, 5.41) is 0. The fraction of sp³-hybridized carbons (Fsp3) is 0.742. The molecular weight excluding hydrogens is 889 g/mol. The van der Waals surface area contributed by atoms with Crippen molar-refractivity contribution in [1.82, 2.24) is 0 Å². The maximum atomic E-state index is 12.9. The Labute approximate surface area is 445 Å². The summed E-state index contributed by atoms with van der Waals surface area (Å²) in [5.74, 6) is -0.933. The van der Waals surface area contributed by atoms with E-state index in [1.54, 1.807) is 0 Å². The van der Waals surface area contributed by atoms with Crippen molar-refractivity contribution in [2.45, 2.75) is 303 Å². The van der Waals surface area contributed by atoms with Gasteiger partial charge in [-0.05, 0) is 96.3 Å². The number of carbonyl (C=O) groups is 3. The van der Waals surface area contributed by atoms with Crippen LogP contribution in [0.5, 0.6) is 0 Å². The standard InChI is InChI=1S/C66H114O6/c1-4-7-10-13-16-19-22-25-28-31-32-33-34-36-38-41-44-47-50-53-56-59-65(68)71-62-63(61-70-64(67)58-55-52-49-46-43-40-37-30-27-24-21-18-15-12-9-6-3)72-66(69)60-57-54-51-48-45-42-39-35-29-26-23-20-17-14-11-8-5-2/h7,10,16,19,25,28,30,32-33,36-38,44,47,63H,4-6,8-9,11-15,17-18,20-24,26-27,29,31,34-35,39-43,45-46,48-62H2,1-3H3/b10-7-,19-16-,28-25-,33-32-,37-30-,38-36-,47-44-. The topological polar surface area (TPSA) is 78.9 Å². The van der Waals surface area contributed by atoms with E-state index in [2.05, 4.69) is 106 Å². The fourth-order valence-corrected chi connectivity index (χ4v) is 8.56. The predicted octanol–water partition coefficient (Wildman–Crippen LogP) is 20.7. The van der Waals surface area contributed by atoms with Gasteiger partial charge in [0.1, 0.15) is 13.2 Å². The van der Waals surface area contributed by atoms with Crippen LogP contribution in [0, 0.1) is 0 Å². The quantitative estimate of drug-likeness (QED) is 0.0261. The summed E-state index contributed by atoms with van der Waals surface area (Å²) in [4.78, 5) is 38.2. The summed E-state index contributed by atoms with van der Waals surface area (Å²) < 4.78 is 16.9. The molecule has 0 saturated carbocycles. The first-order valence-corrected chi connectivity index (χ1v) is 30.6. The van der Waals surface area contributed by atoms with E-state index in [1.807, 2.05) is 0 Å². The van der Waals surface area contributed by atoms with Crippen LogP contribution in [0.4, 0.5) is 0 Å². The highest BCUT2D eigenvalue weighted by Crippen LogP contribution is 2.16. The number of rotatable bonds is 55. The molecule has 6 heteroatoms. The minimum atomic E-state index is -0.797. The Morgan fingerprint density at radius 1 is 0.292 bits per heavy atom. The lowest BCUT2D eigenvalue weighted by Crippen LogP contribution is -2.30. The van der Waals surface area contributed by atoms with E-state index < -0.39 is 6.10 Å². The molecule has 0 rings (SSSR count). The molecule has 1 unspecified atom stereocenters. The third-order valence-corrected chi connectivity index (χ3v) is 13.1. The van der Waals surface area contributed by atoms with Gasteiger partial charge in [-0.1, -0.05) is 266 Å². The lowest BCUT2D eigenvalue weighted by atomic mass is 10.0. The minimum Gasteiger partial charge on any atom is -0.462 e. The van der Waals surface area contributed by atoms with Gasteiger partial charge >= 0.3 is 17.9 Å². The van der Waals surface area contributed by atoms with Gasteiger partial charge in [0.2, 0.25) is 0 Å². The molecule has 0 aromatic heterocycles. The second-order valence-electron chi connectivity index (χ2n) is 20.2. The van der Waals surface area contributed by atoms with Crippen molar-refractivity contribution in [3.05, 3.63) is 85.1 Å². The molecule has 0 heterocycles. The second-order valence-corrected chi connectivity index (χ2v) is 20.2. The number of carbonyl (C=O) groups excluding carboxylic acids is 3. The number of esters is 3.